The zero-order valence-corrected chi connectivity index (χ0v) is 23.9. The van der Waals surface area contributed by atoms with E-state index < -0.39 is 41.7 Å². The summed E-state index contributed by atoms with van der Waals surface area (Å²) in [6, 6.07) is -0.313. The number of aliphatic imine (C=N–C) groups is 1. The van der Waals surface area contributed by atoms with Crippen LogP contribution in [0.25, 0.3) is 6.08 Å². The first-order valence-corrected chi connectivity index (χ1v) is 14.1. The molecule has 1 aromatic heterocycles. The van der Waals surface area contributed by atoms with E-state index in [0.717, 1.165) is 16.3 Å². The van der Waals surface area contributed by atoms with Crippen molar-refractivity contribution in [3.05, 3.63) is 21.7 Å². The van der Waals surface area contributed by atoms with E-state index in [0.29, 0.717) is 25.5 Å². The Morgan fingerprint density at radius 1 is 1.18 bits per heavy atom. The molecule has 7 atom stereocenters. The van der Waals surface area contributed by atoms with E-state index in [9.17, 15) is 24.6 Å². The molecular weight excluding hydrogens is 508 g/mol. The Balaban J connectivity index is 1.93. The number of ketones is 1. The average Bonchev–Trinajstić information content (AvgIpc) is 3.46. The number of aliphatic hydroxyl groups is 2. The van der Waals surface area contributed by atoms with E-state index in [1.54, 1.807) is 20.8 Å². The Morgan fingerprint density at radius 2 is 1.89 bits per heavy atom. The number of ether oxygens (including phenoxy) is 2. The van der Waals surface area contributed by atoms with Gasteiger partial charge in [-0.1, -0.05) is 34.1 Å². The Bertz CT molecular complexity index is 1080. The van der Waals surface area contributed by atoms with Gasteiger partial charge in [0.25, 0.3) is 5.90 Å². The number of hydrogen-bond acceptors (Lipinski definition) is 10. The molecule has 0 aromatic carbocycles. The molecule has 1 aromatic rings. The van der Waals surface area contributed by atoms with Crippen molar-refractivity contribution < 1.29 is 34.1 Å². The number of Topliss-reactive ketones (excluding diaryl/α,β-unsaturated/α-hetero) is 1. The van der Waals surface area contributed by atoms with Gasteiger partial charge in [-0.25, -0.2) is 9.98 Å². The van der Waals surface area contributed by atoms with Gasteiger partial charge >= 0.3 is 5.97 Å². The summed E-state index contributed by atoms with van der Waals surface area (Å²) in [5.74, 6) is -1.84. The van der Waals surface area contributed by atoms with Crippen LogP contribution in [0.1, 0.15) is 77.4 Å². The molecule has 1 fully saturated rings. The van der Waals surface area contributed by atoms with Crippen molar-refractivity contribution in [3.63, 3.8) is 0 Å². The first kappa shape index (κ1) is 30.1. The second-order valence-corrected chi connectivity index (χ2v) is 12.3. The maximum absolute atomic E-state index is 13.3. The third kappa shape index (κ3) is 7.15. The molecule has 2 N–H and O–H groups in total. The number of fused-ring (bicyclic) bond motifs is 1. The average molecular weight is 549 g/mol. The smallest absolute Gasteiger partial charge is 0.309 e. The molecule has 10 heteroatoms. The zero-order valence-electron chi connectivity index (χ0n) is 23.0. The van der Waals surface area contributed by atoms with Crippen LogP contribution in [0.4, 0.5) is 0 Å². The van der Waals surface area contributed by atoms with Crippen LogP contribution < -0.4 is 0 Å². The SMILES string of the molecule is C/C(=C\c1csc(C)n1)[C@@H]1C[C@@H]2OC(C=O)=NC2CCC[C@H](C)[C@H](O)[C@@H](C)C(=O)C(C)(C)[C@@H](O)CC(=O)O1. The minimum atomic E-state index is -1.30. The highest BCUT2D eigenvalue weighted by Crippen LogP contribution is 2.33. The van der Waals surface area contributed by atoms with Crippen LogP contribution in [0.15, 0.2) is 15.9 Å². The number of aldehydes is 1. The van der Waals surface area contributed by atoms with E-state index >= 15 is 0 Å². The fourth-order valence-corrected chi connectivity index (χ4v) is 5.74. The summed E-state index contributed by atoms with van der Waals surface area (Å²) in [5.41, 5.74) is 0.221. The molecule has 1 unspecified atom stereocenters. The Kier molecular flexibility index (Phi) is 10.00. The minimum absolute atomic E-state index is 0.0178. The highest BCUT2D eigenvalue weighted by molar-refractivity contribution is 7.09. The van der Waals surface area contributed by atoms with Crippen molar-refractivity contribution in [1.29, 1.82) is 0 Å². The lowest BCUT2D eigenvalue weighted by Crippen LogP contribution is -2.46. The molecule has 0 radical (unpaired) electrons. The van der Waals surface area contributed by atoms with Crippen LogP contribution in [0.2, 0.25) is 0 Å². The summed E-state index contributed by atoms with van der Waals surface area (Å²) in [7, 11) is 0. The molecule has 2 aliphatic heterocycles. The van der Waals surface area contributed by atoms with Gasteiger partial charge in [0, 0.05) is 17.7 Å². The highest BCUT2D eigenvalue weighted by Gasteiger charge is 2.43. The van der Waals surface area contributed by atoms with Gasteiger partial charge in [-0.3, -0.25) is 14.4 Å². The van der Waals surface area contributed by atoms with Crippen LogP contribution in [0, 0.1) is 24.2 Å². The van der Waals surface area contributed by atoms with Gasteiger partial charge in [0.1, 0.15) is 18.0 Å². The molecule has 0 spiro atoms. The number of carbonyl (C=O) groups excluding carboxylic acids is 3. The van der Waals surface area contributed by atoms with Gasteiger partial charge in [-0.15, -0.1) is 11.3 Å². The first-order chi connectivity index (χ1) is 17.8. The van der Waals surface area contributed by atoms with E-state index in [-0.39, 0.29) is 36.5 Å². The second-order valence-electron chi connectivity index (χ2n) is 11.2. The number of esters is 1. The van der Waals surface area contributed by atoms with E-state index in [1.165, 1.54) is 11.3 Å². The zero-order chi connectivity index (χ0) is 28.2. The van der Waals surface area contributed by atoms with Gasteiger partial charge in [-0.05, 0) is 44.3 Å². The lowest BCUT2D eigenvalue weighted by molar-refractivity contribution is -0.155. The molecule has 3 rings (SSSR count). The lowest BCUT2D eigenvalue weighted by atomic mass is 9.73. The Hall–Kier alpha value is -2.43. The molecule has 0 bridgehead atoms. The summed E-state index contributed by atoms with van der Waals surface area (Å²) < 4.78 is 11.7. The number of rotatable bonds is 3. The third-order valence-electron chi connectivity index (χ3n) is 7.83. The van der Waals surface area contributed by atoms with Gasteiger partial charge in [-0.2, -0.15) is 0 Å². The van der Waals surface area contributed by atoms with Crippen LogP contribution in [0.5, 0.6) is 0 Å². The molecule has 0 saturated carbocycles. The maximum atomic E-state index is 13.3. The Labute approximate surface area is 228 Å². The first-order valence-electron chi connectivity index (χ1n) is 13.2. The number of aliphatic hydroxyl groups excluding tert-OH is 2. The van der Waals surface area contributed by atoms with Crippen molar-refractivity contribution in [2.75, 3.05) is 0 Å². The number of hydrogen-bond donors (Lipinski definition) is 2. The number of aryl methyl sites for hydroxylation is 1. The third-order valence-corrected chi connectivity index (χ3v) is 8.62. The molecule has 0 amide bonds. The number of nitrogens with zero attached hydrogens (tertiary/aromatic N) is 2. The summed E-state index contributed by atoms with van der Waals surface area (Å²) in [4.78, 5) is 46.7. The quantitative estimate of drug-likeness (QED) is 0.431. The summed E-state index contributed by atoms with van der Waals surface area (Å²) in [6.07, 6.45) is 0.866. The summed E-state index contributed by atoms with van der Waals surface area (Å²) in [6.45, 7) is 10.5. The molecule has 1 saturated heterocycles. The van der Waals surface area contributed by atoms with Crippen molar-refractivity contribution in [1.82, 2.24) is 4.98 Å². The maximum Gasteiger partial charge on any atom is 0.309 e. The Morgan fingerprint density at radius 3 is 2.53 bits per heavy atom. The van der Waals surface area contributed by atoms with Crippen molar-refractivity contribution >= 4 is 41.3 Å². The monoisotopic (exact) mass is 548 g/mol. The highest BCUT2D eigenvalue weighted by atomic mass is 32.1. The predicted molar refractivity (Wildman–Crippen MR) is 145 cm³/mol. The van der Waals surface area contributed by atoms with E-state index in [4.69, 9.17) is 9.47 Å². The number of thiazole rings is 1. The molecule has 9 nitrogen and oxygen atoms in total. The second kappa shape index (κ2) is 12.6. The van der Waals surface area contributed by atoms with E-state index in [2.05, 4.69) is 9.98 Å². The van der Waals surface area contributed by atoms with Gasteiger partial charge in [0.05, 0.1) is 40.8 Å². The molecular formula is C28H40N2O7S. The summed E-state index contributed by atoms with van der Waals surface area (Å²) >= 11 is 1.51. The molecule has 0 aliphatic carbocycles. The molecule has 210 valence electrons. The molecule has 3 heterocycles. The fourth-order valence-electron chi connectivity index (χ4n) is 5.17. The molecule has 38 heavy (non-hydrogen) atoms. The summed E-state index contributed by atoms with van der Waals surface area (Å²) in [5, 5.41) is 24.6. The predicted octanol–water partition coefficient (Wildman–Crippen LogP) is 3.68. The number of carbonyl (C=O) groups is 3. The van der Waals surface area contributed by atoms with Crippen LogP contribution in [0.3, 0.4) is 0 Å². The van der Waals surface area contributed by atoms with E-state index in [1.807, 2.05) is 32.2 Å². The number of cyclic esters (lactones) is 1. The van der Waals surface area contributed by atoms with Crippen LogP contribution in [-0.4, -0.2) is 69.6 Å². The van der Waals surface area contributed by atoms with Crippen molar-refractivity contribution in [2.24, 2.45) is 22.2 Å². The van der Waals surface area contributed by atoms with Crippen molar-refractivity contribution in [3.8, 4) is 0 Å². The van der Waals surface area contributed by atoms with Crippen LogP contribution >= 0.6 is 11.3 Å². The normalized spacial score (nSPS) is 33.6. The van der Waals surface area contributed by atoms with Crippen LogP contribution in [-0.2, 0) is 23.9 Å². The topological polar surface area (TPSA) is 135 Å². The molecule has 2 aliphatic rings. The lowest BCUT2D eigenvalue weighted by Gasteiger charge is -2.34. The largest absolute Gasteiger partial charge is 0.470 e. The standard InChI is InChI=1S/C28H40N2O7S/c1-15-8-7-9-20-22(36-24(13-31)30-20)11-21(16(2)10-19-14-38-18(4)29-19)37-25(33)12-23(32)28(5,6)27(35)17(3)26(15)34/h10,13-15,17,20-23,26,32,34H,7-9,11-12H2,1-6H3/b16-10+/t15-,17+,20?,21-,22-,23-,26-/m0/s1. The van der Waals surface area contributed by atoms with Crippen molar-refractivity contribution in [2.45, 2.75) is 104 Å². The minimum Gasteiger partial charge on any atom is -0.470 e. The number of aromatic nitrogens is 1. The fraction of sp³-hybridized carbons (Fsp3) is 0.679. The van der Waals surface area contributed by atoms with Gasteiger partial charge in [0.15, 0.2) is 0 Å². The van der Waals surface area contributed by atoms with Gasteiger partial charge < -0.3 is 19.7 Å². The van der Waals surface area contributed by atoms with Gasteiger partial charge in [0.2, 0.25) is 6.29 Å².